The van der Waals surface area contributed by atoms with Crippen molar-refractivity contribution in [1.29, 1.82) is 0 Å². The SMILES string of the molecule is C[C@@H](NS(=O)(=O)c1ccc(Br)s1)c1ccc(F)c(F)c1. The molecule has 0 fully saturated rings. The first-order valence-corrected chi connectivity index (χ1v) is 8.61. The lowest BCUT2D eigenvalue weighted by molar-refractivity contribution is 0.504. The Hall–Kier alpha value is -0.830. The minimum absolute atomic E-state index is 0.152. The molecule has 0 saturated heterocycles. The van der Waals surface area contributed by atoms with Gasteiger partial charge in [-0.2, -0.15) is 0 Å². The van der Waals surface area contributed by atoms with Crippen LogP contribution in [0.25, 0.3) is 0 Å². The first kappa shape index (κ1) is 15.6. The zero-order valence-corrected chi connectivity index (χ0v) is 13.4. The van der Waals surface area contributed by atoms with Gasteiger partial charge in [0.25, 0.3) is 10.0 Å². The maximum atomic E-state index is 13.1. The van der Waals surface area contributed by atoms with E-state index in [9.17, 15) is 17.2 Å². The Morgan fingerprint density at radius 2 is 1.90 bits per heavy atom. The number of benzene rings is 1. The van der Waals surface area contributed by atoms with Crippen molar-refractivity contribution >= 4 is 37.3 Å². The van der Waals surface area contributed by atoms with Crippen LogP contribution in [-0.2, 0) is 10.0 Å². The summed E-state index contributed by atoms with van der Waals surface area (Å²) in [4.78, 5) is 0. The average Bonchev–Trinajstić information content (AvgIpc) is 2.79. The maximum Gasteiger partial charge on any atom is 0.250 e. The van der Waals surface area contributed by atoms with Gasteiger partial charge in [-0.05, 0) is 52.7 Å². The third-order valence-corrected chi connectivity index (χ3v) is 6.25. The van der Waals surface area contributed by atoms with E-state index in [0.29, 0.717) is 9.35 Å². The van der Waals surface area contributed by atoms with Crippen LogP contribution in [0.1, 0.15) is 18.5 Å². The highest BCUT2D eigenvalue weighted by atomic mass is 79.9. The van der Waals surface area contributed by atoms with Gasteiger partial charge >= 0.3 is 0 Å². The van der Waals surface area contributed by atoms with E-state index < -0.39 is 27.7 Å². The van der Waals surface area contributed by atoms with Crippen LogP contribution in [0, 0.1) is 11.6 Å². The zero-order valence-electron chi connectivity index (χ0n) is 10.2. The van der Waals surface area contributed by atoms with Crippen LogP contribution < -0.4 is 4.72 Å². The molecule has 0 radical (unpaired) electrons. The minimum atomic E-state index is -3.69. The summed E-state index contributed by atoms with van der Waals surface area (Å²) < 4.78 is 53.4. The van der Waals surface area contributed by atoms with E-state index in [1.54, 1.807) is 13.0 Å². The topological polar surface area (TPSA) is 46.2 Å². The van der Waals surface area contributed by atoms with Gasteiger partial charge in [-0.3, -0.25) is 0 Å². The molecule has 2 rings (SSSR count). The molecule has 1 aromatic carbocycles. The fourth-order valence-corrected chi connectivity index (χ4v) is 4.84. The van der Waals surface area contributed by atoms with Crippen molar-refractivity contribution in [2.75, 3.05) is 0 Å². The fourth-order valence-electron chi connectivity index (χ4n) is 1.58. The van der Waals surface area contributed by atoms with Crippen molar-refractivity contribution in [3.63, 3.8) is 0 Å². The first-order valence-electron chi connectivity index (χ1n) is 5.52. The van der Waals surface area contributed by atoms with Gasteiger partial charge < -0.3 is 0 Å². The van der Waals surface area contributed by atoms with Crippen molar-refractivity contribution in [1.82, 2.24) is 4.72 Å². The molecule has 2 aromatic rings. The molecular weight excluding hydrogens is 372 g/mol. The van der Waals surface area contributed by atoms with E-state index in [4.69, 9.17) is 0 Å². The second kappa shape index (κ2) is 5.88. The highest BCUT2D eigenvalue weighted by molar-refractivity contribution is 9.11. The Labute approximate surface area is 127 Å². The first-order chi connectivity index (χ1) is 9.29. The second-order valence-electron chi connectivity index (χ2n) is 4.08. The van der Waals surface area contributed by atoms with Crippen LogP contribution in [0.4, 0.5) is 8.78 Å². The van der Waals surface area contributed by atoms with E-state index in [-0.39, 0.29) is 4.21 Å². The summed E-state index contributed by atoms with van der Waals surface area (Å²) >= 11 is 4.26. The van der Waals surface area contributed by atoms with Crippen LogP contribution in [0.15, 0.2) is 38.3 Å². The molecule has 0 unspecified atom stereocenters. The number of thiophene rings is 1. The summed E-state index contributed by atoms with van der Waals surface area (Å²) in [5.41, 5.74) is 0.350. The Kier molecular flexibility index (Phi) is 4.58. The molecule has 3 nitrogen and oxygen atoms in total. The largest absolute Gasteiger partial charge is 0.250 e. The molecule has 1 atom stereocenters. The predicted molar refractivity (Wildman–Crippen MR) is 77.1 cm³/mol. The standard InChI is InChI=1S/C12H10BrF2NO2S2/c1-7(8-2-3-9(14)10(15)6-8)16-20(17,18)12-5-4-11(13)19-12/h2-7,16H,1H3/t7-/m1/s1. The van der Waals surface area contributed by atoms with Gasteiger partial charge in [-0.1, -0.05) is 6.07 Å². The van der Waals surface area contributed by atoms with Gasteiger partial charge in [-0.15, -0.1) is 11.3 Å². The van der Waals surface area contributed by atoms with Crippen molar-refractivity contribution in [2.45, 2.75) is 17.2 Å². The quantitative estimate of drug-likeness (QED) is 0.874. The molecule has 1 N–H and O–H groups in total. The lowest BCUT2D eigenvalue weighted by atomic mass is 10.1. The summed E-state index contributed by atoms with van der Waals surface area (Å²) in [6.07, 6.45) is 0. The van der Waals surface area contributed by atoms with E-state index >= 15 is 0 Å². The van der Waals surface area contributed by atoms with Gasteiger partial charge in [0.15, 0.2) is 11.6 Å². The Bertz CT molecular complexity index is 731. The molecule has 1 heterocycles. The van der Waals surface area contributed by atoms with E-state index in [0.717, 1.165) is 23.5 Å². The van der Waals surface area contributed by atoms with Crippen molar-refractivity contribution < 1.29 is 17.2 Å². The molecule has 0 amide bonds. The number of halogens is 3. The smallest absolute Gasteiger partial charge is 0.206 e. The lowest BCUT2D eigenvalue weighted by Crippen LogP contribution is -2.26. The predicted octanol–water partition coefficient (Wildman–Crippen LogP) is 3.83. The van der Waals surface area contributed by atoms with E-state index in [2.05, 4.69) is 20.7 Å². The van der Waals surface area contributed by atoms with E-state index in [1.165, 1.54) is 12.1 Å². The molecule has 108 valence electrons. The molecule has 0 spiro atoms. The van der Waals surface area contributed by atoms with Gasteiger partial charge in [0.2, 0.25) is 0 Å². The van der Waals surface area contributed by atoms with Crippen LogP contribution in [0.5, 0.6) is 0 Å². The molecule has 0 aliphatic heterocycles. The molecule has 1 aromatic heterocycles. The summed E-state index contributed by atoms with van der Waals surface area (Å²) in [6.45, 7) is 1.56. The molecule has 0 aliphatic carbocycles. The molecule has 0 bridgehead atoms. The van der Waals surface area contributed by atoms with Gasteiger partial charge in [0.05, 0.1) is 3.79 Å². The van der Waals surface area contributed by atoms with Crippen molar-refractivity contribution in [3.8, 4) is 0 Å². The summed E-state index contributed by atoms with van der Waals surface area (Å²) in [5.74, 6) is -1.97. The number of sulfonamides is 1. The number of hydrogen-bond acceptors (Lipinski definition) is 3. The molecule has 20 heavy (non-hydrogen) atoms. The maximum absolute atomic E-state index is 13.1. The van der Waals surface area contributed by atoms with E-state index in [1.807, 2.05) is 0 Å². The van der Waals surface area contributed by atoms with Gasteiger partial charge in [-0.25, -0.2) is 21.9 Å². The second-order valence-corrected chi connectivity index (χ2v) is 8.48. The average molecular weight is 382 g/mol. The molecular formula is C12H10BrF2NO2S2. The van der Waals surface area contributed by atoms with Gasteiger partial charge in [0, 0.05) is 6.04 Å². The van der Waals surface area contributed by atoms with Crippen molar-refractivity contribution in [3.05, 3.63) is 51.3 Å². The minimum Gasteiger partial charge on any atom is -0.206 e. The molecule has 0 aliphatic rings. The van der Waals surface area contributed by atoms with Crippen LogP contribution in [0.2, 0.25) is 0 Å². The monoisotopic (exact) mass is 381 g/mol. The van der Waals surface area contributed by atoms with Crippen LogP contribution in [-0.4, -0.2) is 8.42 Å². The summed E-state index contributed by atoms with van der Waals surface area (Å²) in [7, 11) is -3.69. The van der Waals surface area contributed by atoms with Crippen molar-refractivity contribution in [2.24, 2.45) is 0 Å². The fraction of sp³-hybridized carbons (Fsp3) is 0.167. The van der Waals surface area contributed by atoms with Crippen LogP contribution in [0.3, 0.4) is 0 Å². The number of hydrogen-bond donors (Lipinski definition) is 1. The highest BCUT2D eigenvalue weighted by Gasteiger charge is 2.20. The zero-order chi connectivity index (χ0) is 14.9. The Morgan fingerprint density at radius 3 is 2.45 bits per heavy atom. The third-order valence-electron chi connectivity index (χ3n) is 2.59. The number of nitrogens with one attached hydrogen (secondary N) is 1. The Balaban J connectivity index is 2.22. The number of rotatable bonds is 4. The normalized spacial score (nSPS) is 13.4. The Morgan fingerprint density at radius 1 is 1.20 bits per heavy atom. The summed E-state index contributed by atoms with van der Waals surface area (Å²) in [5, 5.41) is 0. The van der Waals surface area contributed by atoms with Crippen LogP contribution >= 0.6 is 27.3 Å². The third kappa shape index (κ3) is 3.43. The molecule has 8 heteroatoms. The highest BCUT2D eigenvalue weighted by Crippen LogP contribution is 2.27. The summed E-state index contributed by atoms with van der Waals surface area (Å²) in [6, 6.07) is 5.72. The molecule has 0 saturated carbocycles. The van der Waals surface area contributed by atoms with Gasteiger partial charge in [0.1, 0.15) is 4.21 Å². The lowest BCUT2D eigenvalue weighted by Gasteiger charge is -2.14.